The predicted octanol–water partition coefficient (Wildman–Crippen LogP) is 4.56. The lowest BCUT2D eigenvalue weighted by Crippen LogP contribution is -2.16. The van der Waals surface area contributed by atoms with Crippen molar-refractivity contribution in [2.24, 2.45) is 5.73 Å². The van der Waals surface area contributed by atoms with Gasteiger partial charge in [0.05, 0.1) is 7.11 Å². The van der Waals surface area contributed by atoms with E-state index < -0.39 is 0 Å². The fraction of sp³-hybridized carbons (Fsp3) is 0.217. The summed E-state index contributed by atoms with van der Waals surface area (Å²) in [5, 5.41) is 0. The molecule has 0 aliphatic heterocycles. The van der Waals surface area contributed by atoms with Crippen molar-refractivity contribution < 1.29 is 9.47 Å². The molecule has 0 aromatic heterocycles. The molecule has 3 rings (SSSR count). The van der Waals surface area contributed by atoms with Gasteiger partial charge in [-0.15, -0.1) is 0 Å². The molecule has 0 saturated heterocycles. The SMILES string of the molecule is COc1ccccc1C(CN)Cc1ccc(OCc2ccccc2)cc1. The van der Waals surface area contributed by atoms with Gasteiger partial charge in [0, 0.05) is 5.92 Å². The van der Waals surface area contributed by atoms with Gasteiger partial charge in [-0.3, -0.25) is 0 Å². The fourth-order valence-electron chi connectivity index (χ4n) is 3.07. The van der Waals surface area contributed by atoms with E-state index >= 15 is 0 Å². The molecule has 0 fully saturated rings. The Bertz CT molecular complexity index is 800. The third-order valence-corrected chi connectivity index (χ3v) is 4.52. The molecule has 1 atom stereocenters. The zero-order valence-corrected chi connectivity index (χ0v) is 15.1. The average molecular weight is 347 g/mol. The van der Waals surface area contributed by atoms with Gasteiger partial charge in [0.25, 0.3) is 0 Å². The highest BCUT2D eigenvalue weighted by Gasteiger charge is 2.15. The minimum atomic E-state index is 0.224. The number of para-hydroxylation sites is 1. The van der Waals surface area contributed by atoms with Crippen LogP contribution in [0.3, 0.4) is 0 Å². The smallest absolute Gasteiger partial charge is 0.122 e. The van der Waals surface area contributed by atoms with Gasteiger partial charge in [-0.1, -0.05) is 60.7 Å². The van der Waals surface area contributed by atoms with E-state index in [-0.39, 0.29) is 5.92 Å². The molecule has 0 spiro atoms. The van der Waals surface area contributed by atoms with Gasteiger partial charge in [-0.25, -0.2) is 0 Å². The summed E-state index contributed by atoms with van der Waals surface area (Å²) in [6.45, 7) is 1.15. The Hall–Kier alpha value is -2.78. The molecule has 0 bridgehead atoms. The quantitative estimate of drug-likeness (QED) is 0.650. The maximum Gasteiger partial charge on any atom is 0.122 e. The van der Waals surface area contributed by atoms with Gasteiger partial charge >= 0.3 is 0 Å². The lowest BCUT2D eigenvalue weighted by atomic mass is 9.91. The summed E-state index contributed by atoms with van der Waals surface area (Å²) in [5.74, 6) is 1.99. The molecule has 1 unspecified atom stereocenters. The number of benzene rings is 3. The van der Waals surface area contributed by atoms with E-state index in [0.29, 0.717) is 13.2 Å². The second-order valence-electron chi connectivity index (χ2n) is 6.30. The lowest BCUT2D eigenvalue weighted by Gasteiger charge is -2.18. The second-order valence-corrected chi connectivity index (χ2v) is 6.30. The third kappa shape index (κ3) is 4.64. The maximum atomic E-state index is 6.04. The molecular weight excluding hydrogens is 322 g/mol. The molecule has 0 aliphatic rings. The molecule has 0 amide bonds. The lowest BCUT2D eigenvalue weighted by molar-refractivity contribution is 0.306. The first-order valence-electron chi connectivity index (χ1n) is 8.89. The Morgan fingerprint density at radius 1 is 0.808 bits per heavy atom. The Morgan fingerprint density at radius 3 is 2.19 bits per heavy atom. The summed E-state index contributed by atoms with van der Waals surface area (Å²) in [5.41, 5.74) is 9.59. The highest BCUT2D eigenvalue weighted by molar-refractivity contribution is 5.38. The molecule has 26 heavy (non-hydrogen) atoms. The molecule has 3 heteroatoms. The van der Waals surface area contributed by atoms with Gasteiger partial charge in [0.2, 0.25) is 0 Å². The van der Waals surface area contributed by atoms with E-state index in [1.807, 2.05) is 48.5 Å². The first kappa shape index (κ1) is 18.0. The van der Waals surface area contributed by atoms with Crippen LogP contribution in [0, 0.1) is 0 Å². The maximum absolute atomic E-state index is 6.04. The minimum absolute atomic E-state index is 0.224. The van der Waals surface area contributed by atoms with Crippen LogP contribution in [-0.2, 0) is 13.0 Å². The summed E-state index contributed by atoms with van der Waals surface area (Å²) in [6, 6.07) is 26.5. The molecular formula is C23H25NO2. The average Bonchev–Trinajstić information content (AvgIpc) is 2.72. The normalized spacial score (nSPS) is 11.8. The Morgan fingerprint density at radius 2 is 1.50 bits per heavy atom. The van der Waals surface area contributed by atoms with Crippen molar-refractivity contribution in [3.8, 4) is 11.5 Å². The Kier molecular flexibility index (Phi) is 6.29. The van der Waals surface area contributed by atoms with Gasteiger partial charge in [-0.05, 0) is 47.9 Å². The van der Waals surface area contributed by atoms with Crippen LogP contribution in [0.5, 0.6) is 11.5 Å². The van der Waals surface area contributed by atoms with Gasteiger partial charge in [0.1, 0.15) is 18.1 Å². The molecule has 0 heterocycles. The molecule has 3 aromatic rings. The number of hydrogen-bond donors (Lipinski definition) is 1. The van der Waals surface area contributed by atoms with Crippen LogP contribution in [0.2, 0.25) is 0 Å². The summed E-state index contributed by atoms with van der Waals surface area (Å²) >= 11 is 0. The first-order valence-corrected chi connectivity index (χ1v) is 8.89. The zero-order valence-electron chi connectivity index (χ0n) is 15.1. The summed E-state index contributed by atoms with van der Waals surface area (Å²) < 4.78 is 11.3. The van der Waals surface area contributed by atoms with Crippen LogP contribution in [0.15, 0.2) is 78.9 Å². The first-order chi connectivity index (χ1) is 12.8. The molecule has 3 nitrogen and oxygen atoms in total. The number of hydrogen-bond acceptors (Lipinski definition) is 3. The second kappa shape index (κ2) is 9.07. The minimum Gasteiger partial charge on any atom is -0.496 e. The molecule has 0 radical (unpaired) electrons. The van der Waals surface area contributed by atoms with Crippen LogP contribution in [-0.4, -0.2) is 13.7 Å². The topological polar surface area (TPSA) is 44.5 Å². The number of nitrogens with two attached hydrogens (primary N) is 1. The Balaban J connectivity index is 1.64. The van der Waals surface area contributed by atoms with E-state index in [4.69, 9.17) is 15.2 Å². The number of methoxy groups -OCH3 is 1. The van der Waals surface area contributed by atoms with Crippen molar-refractivity contribution >= 4 is 0 Å². The largest absolute Gasteiger partial charge is 0.496 e. The van der Waals surface area contributed by atoms with Crippen LogP contribution < -0.4 is 15.2 Å². The van der Waals surface area contributed by atoms with Crippen molar-refractivity contribution in [1.29, 1.82) is 0 Å². The van der Waals surface area contributed by atoms with Crippen LogP contribution in [0.1, 0.15) is 22.6 Å². The predicted molar refractivity (Wildman–Crippen MR) is 106 cm³/mol. The standard InChI is InChI=1S/C23H25NO2/c1-25-23-10-6-5-9-22(23)20(16-24)15-18-11-13-21(14-12-18)26-17-19-7-3-2-4-8-19/h2-14,20H,15-17,24H2,1H3. The van der Waals surface area contributed by atoms with E-state index in [1.54, 1.807) is 7.11 Å². The van der Waals surface area contributed by atoms with Crippen molar-refractivity contribution in [2.45, 2.75) is 18.9 Å². The monoisotopic (exact) mass is 347 g/mol. The van der Waals surface area contributed by atoms with Crippen molar-refractivity contribution in [3.63, 3.8) is 0 Å². The van der Waals surface area contributed by atoms with E-state index in [2.05, 4.69) is 30.3 Å². The highest BCUT2D eigenvalue weighted by atomic mass is 16.5. The molecule has 3 aromatic carbocycles. The third-order valence-electron chi connectivity index (χ3n) is 4.52. The highest BCUT2D eigenvalue weighted by Crippen LogP contribution is 2.29. The van der Waals surface area contributed by atoms with Crippen LogP contribution in [0.4, 0.5) is 0 Å². The number of rotatable bonds is 8. The summed E-state index contributed by atoms with van der Waals surface area (Å²) in [4.78, 5) is 0. The molecule has 0 saturated carbocycles. The molecule has 134 valence electrons. The van der Waals surface area contributed by atoms with Crippen LogP contribution >= 0.6 is 0 Å². The van der Waals surface area contributed by atoms with E-state index in [0.717, 1.165) is 29.0 Å². The number of ether oxygens (including phenoxy) is 2. The van der Waals surface area contributed by atoms with Gasteiger partial charge in [-0.2, -0.15) is 0 Å². The van der Waals surface area contributed by atoms with Crippen LogP contribution in [0.25, 0.3) is 0 Å². The van der Waals surface area contributed by atoms with Gasteiger partial charge in [0.15, 0.2) is 0 Å². The Labute approximate surface area is 155 Å². The van der Waals surface area contributed by atoms with E-state index in [9.17, 15) is 0 Å². The van der Waals surface area contributed by atoms with Crippen molar-refractivity contribution in [2.75, 3.05) is 13.7 Å². The van der Waals surface area contributed by atoms with E-state index in [1.165, 1.54) is 5.56 Å². The molecule has 0 aliphatic carbocycles. The summed E-state index contributed by atoms with van der Waals surface area (Å²) in [6.07, 6.45) is 0.871. The van der Waals surface area contributed by atoms with Gasteiger partial charge < -0.3 is 15.2 Å². The fourth-order valence-corrected chi connectivity index (χ4v) is 3.07. The molecule has 2 N–H and O–H groups in total. The van der Waals surface area contributed by atoms with Crippen molar-refractivity contribution in [1.82, 2.24) is 0 Å². The summed E-state index contributed by atoms with van der Waals surface area (Å²) in [7, 11) is 1.70. The zero-order chi connectivity index (χ0) is 18.2. The van der Waals surface area contributed by atoms with Crippen molar-refractivity contribution in [3.05, 3.63) is 95.6 Å².